The fourth-order valence-electron chi connectivity index (χ4n) is 2.56. The fraction of sp³-hybridized carbons (Fsp3) is 0.409. The van der Waals surface area contributed by atoms with Crippen LogP contribution in [0.25, 0.3) is 0 Å². The van der Waals surface area contributed by atoms with Crippen molar-refractivity contribution < 1.29 is 19.4 Å². The number of nitrogen functional groups attached to an aromatic ring is 1. The zero-order chi connectivity index (χ0) is 20.6. The standard InChI is InChI=1S/C22H30N2O4/c1-22(2,3)28-21(26)24(14-13-17-7-5-4-6-8-17)15-19(25)16-27-20-11-9-18(23)10-12-20/h4-12,19,25H,13-16,23H2,1-3H3/t19-/m0/s1. The van der Waals surface area contributed by atoms with Crippen molar-refractivity contribution in [3.05, 3.63) is 60.2 Å². The Hall–Kier alpha value is -2.73. The predicted molar refractivity (Wildman–Crippen MR) is 110 cm³/mol. The van der Waals surface area contributed by atoms with Crippen LogP contribution in [0.1, 0.15) is 26.3 Å². The van der Waals surface area contributed by atoms with Gasteiger partial charge in [0.1, 0.15) is 24.1 Å². The summed E-state index contributed by atoms with van der Waals surface area (Å²) in [7, 11) is 0. The molecule has 1 atom stereocenters. The van der Waals surface area contributed by atoms with Crippen LogP contribution in [-0.2, 0) is 11.2 Å². The number of benzene rings is 2. The van der Waals surface area contributed by atoms with Crippen LogP contribution in [0.3, 0.4) is 0 Å². The van der Waals surface area contributed by atoms with Crippen LogP contribution in [-0.4, -0.2) is 47.5 Å². The van der Waals surface area contributed by atoms with Gasteiger partial charge in [-0.2, -0.15) is 0 Å². The molecular formula is C22H30N2O4. The van der Waals surface area contributed by atoms with Gasteiger partial charge in [-0.3, -0.25) is 0 Å². The highest BCUT2D eigenvalue weighted by atomic mass is 16.6. The summed E-state index contributed by atoms with van der Waals surface area (Å²) in [5.41, 5.74) is 6.80. The molecule has 6 heteroatoms. The minimum atomic E-state index is -0.846. The topological polar surface area (TPSA) is 85.0 Å². The summed E-state index contributed by atoms with van der Waals surface area (Å²) >= 11 is 0. The Balaban J connectivity index is 1.94. The smallest absolute Gasteiger partial charge is 0.410 e. The van der Waals surface area contributed by atoms with Gasteiger partial charge in [-0.1, -0.05) is 30.3 Å². The summed E-state index contributed by atoms with van der Waals surface area (Å²) in [6.07, 6.45) is -0.623. The van der Waals surface area contributed by atoms with Crippen molar-refractivity contribution in [3.8, 4) is 5.75 Å². The zero-order valence-corrected chi connectivity index (χ0v) is 16.8. The second-order valence-electron chi connectivity index (χ2n) is 7.70. The minimum Gasteiger partial charge on any atom is -0.491 e. The van der Waals surface area contributed by atoms with Crippen molar-refractivity contribution in [2.45, 2.75) is 38.9 Å². The maximum absolute atomic E-state index is 12.6. The molecule has 0 spiro atoms. The Morgan fingerprint density at radius 3 is 2.36 bits per heavy atom. The molecule has 0 aromatic heterocycles. The second-order valence-corrected chi connectivity index (χ2v) is 7.70. The first kappa shape index (κ1) is 21.6. The van der Waals surface area contributed by atoms with Crippen LogP contribution < -0.4 is 10.5 Å². The lowest BCUT2D eigenvalue weighted by Crippen LogP contribution is -2.43. The van der Waals surface area contributed by atoms with Crippen LogP contribution in [0.2, 0.25) is 0 Å². The summed E-state index contributed by atoms with van der Waals surface area (Å²) < 4.78 is 11.1. The first-order valence-electron chi connectivity index (χ1n) is 9.41. The van der Waals surface area contributed by atoms with Gasteiger partial charge >= 0.3 is 6.09 Å². The van der Waals surface area contributed by atoms with Gasteiger partial charge in [0, 0.05) is 12.2 Å². The van der Waals surface area contributed by atoms with Gasteiger partial charge < -0.3 is 25.2 Å². The summed E-state index contributed by atoms with van der Waals surface area (Å²) in [6.45, 7) is 6.09. The number of hydrogen-bond donors (Lipinski definition) is 2. The highest BCUT2D eigenvalue weighted by Crippen LogP contribution is 2.14. The third-order valence-electron chi connectivity index (χ3n) is 3.92. The van der Waals surface area contributed by atoms with Crippen LogP contribution in [0.15, 0.2) is 54.6 Å². The molecular weight excluding hydrogens is 356 g/mol. The van der Waals surface area contributed by atoms with E-state index in [4.69, 9.17) is 15.2 Å². The van der Waals surface area contributed by atoms with Gasteiger partial charge in [-0.15, -0.1) is 0 Å². The van der Waals surface area contributed by atoms with E-state index in [1.807, 2.05) is 51.1 Å². The molecule has 2 rings (SSSR count). The van der Waals surface area contributed by atoms with Gasteiger partial charge in [0.25, 0.3) is 0 Å². The Labute approximate surface area is 166 Å². The number of carbonyl (C=O) groups excluding carboxylic acids is 1. The van der Waals surface area contributed by atoms with Gasteiger partial charge in [0.05, 0.1) is 6.54 Å². The lowest BCUT2D eigenvalue weighted by Gasteiger charge is -2.29. The van der Waals surface area contributed by atoms with E-state index in [0.29, 0.717) is 24.4 Å². The average molecular weight is 386 g/mol. The molecule has 1 amide bonds. The number of carbonyl (C=O) groups is 1. The minimum absolute atomic E-state index is 0.0640. The number of rotatable bonds is 8. The molecule has 3 N–H and O–H groups in total. The Morgan fingerprint density at radius 2 is 1.75 bits per heavy atom. The van der Waals surface area contributed by atoms with Gasteiger partial charge in [-0.05, 0) is 57.0 Å². The summed E-state index contributed by atoms with van der Waals surface area (Å²) in [5, 5.41) is 10.4. The molecule has 6 nitrogen and oxygen atoms in total. The third kappa shape index (κ3) is 7.88. The SMILES string of the molecule is CC(C)(C)OC(=O)N(CCc1ccccc1)C[C@H](O)COc1ccc(N)cc1. The molecule has 0 saturated heterocycles. The molecule has 0 bridgehead atoms. The zero-order valence-electron chi connectivity index (χ0n) is 16.8. The lowest BCUT2D eigenvalue weighted by molar-refractivity contribution is 0.00945. The first-order chi connectivity index (χ1) is 13.2. The molecule has 0 aliphatic rings. The first-order valence-corrected chi connectivity index (χ1v) is 9.41. The summed E-state index contributed by atoms with van der Waals surface area (Å²) in [6, 6.07) is 16.8. The molecule has 0 unspecified atom stereocenters. The molecule has 28 heavy (non-hydrogen) atoms. The number of aliphatic hydroxyl groups is 1. The van der Waals surface area contributed by atoms with Crippen molar-refractivity contribution in [2.75, 3.05) is 25.4 Å². The number of nitrogens with zero attached hydrogens (tertiary/aromatic N) is 1. The van der Waals surface area contributed by atoms with Crippen LogP contribution in [0.4, 0.5) is 10.5 Å². The molecule has 0 aliphatic carbocycles. The summed E-state index contributed by atoms with van der Waals surface area (Å²) in [5.74, 6) is 0.612. The average Bonchev–Trinajstić information content (AvgIpc) is 2.64. The Morgan fingerprint density at radius 1 is 1.11 bits per heavy atom. The molecule has 0 fully saturated rings. The van der Waals surface area contributed by atoms with Crippen LogP contribution in [0, 0.1) is 0 Å². The van der Waals surface area contributed by atoms with Gasteiger partial charge in [0.15, 0.2) is 0 Å². The third-order valence-corrected chi connectivity index (χ3v) is 3.92. The molecule has 0 saturated carbocycles. The number of aliphatic hydroxyl groups excluding tert-OH is 1. The van der Waals surface area contributed by atoms with E-state index < -0.39 is 17.8 Å². The van der Waals surface area contributed by atoms with E-state index in [9.17, 15) is 9.90 Å². The Kier molecular flexibility index (Phi) is 7.70. The highest BCUT2D eigenvalue weighted by Gasteiger charge is 2.24. The monoisotopic (exact) mass is 386 g/mol. The van der Waals surface area contributed by atoms with E-state index in [0.717, 1.165) is 5.56 Å². The Bertz CT molecular complexity index is 726. The van der Waals surface area contributed by atoms with Crippen molar-refractivity contribution >= 4 is 11.8 Å². The fourth-order valence-corrected chi connectivity index (χ4v) is 2.56. The van der Waals surface area contributed by atoms with Gasteiger partial charge in [-0.25, -0.2) is 4.79 Å². The van der Waals surface area contributed by atoms with Gasteiger partial charge in [0.2, 0.25) is 0 Å². The lowest BCUT2D eigenvalue weighted by atomic mass is 10.1. The van der Waals surface area contributed by atoms with Crippen molar-refractivity contribution in [1.82, 2.24) is 4.90 Å². The summed E-state index contributed by atoms with van der Waals surface area (Å²) in [4.78, 5) is 14.1. The van der Waals surface area contributed by atoms with Crippen LogP contribution >= 0.6 is 0 Å². The van der Waals surface area contributed by atoms with E-state index in [1.165, 1.54) is 4.90 Å². The van der Waals surface area contributed by atoms with E-state index in [1.54, 1.807) is 24.3 Å². The number of amides is 1. The molecule has 2 aromatic carbocycles. The largest absolute Gasteiger partial charge is 0.491 e. The highest BCUT2D eigenvalue weighted by molar-refractivity contribution is 5.68. The van der Waals surface area contributed by atoms with Crippen molar-refractivity contribution in [1.29, 1.82) is 0 Å². The van der Waals surface area contributed by atoms with Crippen LogP contribution in [0.5, 0.6) is 5.75 Å². The molecule has 0 radical (unpaired) electrons. The molecule has 2 aromatic rings. The predicted octanol–water partition coefficient (Wildman–Crippen LogP) is 3.49. The van der Waals surface area contributed by atoms with Crippen molar-refractivity contribution in [3.63, 3.8) is 0 Å². The maximum Gasteiger partial charge on any atom is 0.410 e. The number of anilines is 1. The number of hydrogen-bond acceptors (Lipinski definition) is 5. The molecule has 0 aliphatic heterocycles. The maximum atomic E-state index is 12.6. The molecule has 0 heterocycles. The molecule has 152 valence electrons. The number of ether oxygens (including phenoxy) is 2. The quantitative estimate of drug-likeness (QED) is 0.679. The van der Waals surface area contributed by atoms with E-state index >= 15 is 0 Å². The van der Waals surface area contributed by atoms with E-state index in [2.05, 4.69) is 0 Å². The van der Waals surface area contributed by atoms with Crippen molar-refractivity contribution in [2.24, 2.45) is 0 Å². The second kappa shape index (κ2) is 9.99. The normalized spacial score (nSPS) is 12.3. The number of nitrogens with two attached hydrogens (primary N) is 1. The van der Waals surface area contributed by atoms with E-state index in [-0.39, 0.29) is 13.2 Å².